The minimum Gasteiger partial charge on any atom is -0.497 e. The van der Waals surface area contributed by atoms with E-state index in [-0.39, 0.29) is 6.10 Å². The highest BCUT2D eigenvalue weighted by atomic mass is 16.5. The maximum absolute atomic E-state index is 6.36. The largest absolute Gasteiger partial charge is 0.497 e. The van der Waals surface area contributed by atoms with Gasteiger partial charge >= 0.3 is 0 Å². The number of hydrogen-bond acceptors (Lipinski definition) is 6. The Bertz CT molecular complexity index is 833. The van der Waals surface area contributed by atoms with Crippen molar-refractivity contribution >= 4 is 6.08 Å². The van der Waals surface area contributed by atoms with E-state index in [1.807, 2.05) is 37.3 Å². The lowest BCUT2D eigenvalue weighted by atomic mass is 9.95. The van der Waals surface area contributed by atoms with Crippen molar-refractivity contribution in [3.63, 3.8) is 0 Å². The number of benzene rings is 2. The van der Waals surface area contributed by atoms with Crippen molar-refractivity contribution in [2.75, 3.05) is 41.7 Å². The van der Waals surface area contributed by atoms with Gasteiger partial charge in [-0.1, -0.05) is 0 Å². The Morgan fingerprint density at radius 3 is 2.18 bits per heavy atom. The van der Waals surface area contributed by atoms with E-state index < -0.39 is 0 Å². The van der Waals surface area contributed by atoms with E-state index >= 15 is 0 Å². The second kappa shape index (κ2) is 8.89. The van der Waals surface area contributed by atoms with Crippen molar-refractivity contribution in [2.24, 2.45) is 0 Å². The van der Waals surface area contributed by atoms with Gasteiger partial charge in [-0.25, -0.2) is 0 Å². The van der Waals surface area contributed by atoms with E-state index in [1.54, 1.807) is 28.4 Å². The van der Waals surface area contributed by atoms with E-state index in [0.717, 1.165) is 28.2 Å². The maximum Gasteiger partial charge on any atom is 0.203 e. The molecule has 0 radical (unpaired) electrons. The van der Waals surface area contributed by atoms with Crippen molar-refractivity contribution in [2.45, 2.75) is 13.0 Å². The molecule has 0 bridgehead atoms. The molecule has 1 unspecified atom stereocenters. The van der Waals surface area contributed by atoms with Crippen LogP contribution < -0.4 is 23.7 Å². The molecule has 1 aliphatic rings. The van der Waals surface area contributed by atoms with Gasteiger partial charge in [-0.2, -0.15) is 0 Å². The third-order valence-electron chi connectivity index (χ3n) is 4.61. The van der Waals surface area contributed by atoms with Crippen LogP contribution >= 0.6 is 0 Å². The first-order chi connectivity index (χ1) is 13.6. The van der Waals surface area contributed by atoms with Crippen LogP contribution in [0.25, 0.3) is 6.08 Å². The van der Waals surface area contributed by atoms with Gasteiger partial charge in [0.15, 0.2) is 11.5 Å². The van der Waals surface area contributed by atoms with Gasteiger partial charge < -0.3 is 28.4 Å². The van der Waals surface area contributed by atoms with E-state index in [9.17, 15) is 0 Å². The molecular weight excluding hydrogens is 360 g/mol. The molecule has 0 saturated heterocycles. The van der Waals surface area contributed by atoms with Crippen LogP contribution in [0.1, 0.15) is 24.2 Å². The Morgan fingerprint density at radius 2 is 1.61 bits per heavy atom. The summed E-state index contributed by atoms with van der Waals surface area (Å²) in [6, 6.07) is 9.57. The van der Waals surface area contributed by atoms with Crippen molar-refractivity contribution in [1.29, 1.82) is 0 Å². The molecule has 6 heteroatoms. The zero-order chi connectivity index (χ0) is 20.1. The molecule has 0 amide bonds. The third kappa shape index (κ3) is 3.87. The third-order valence-corrected chi connectivity index (χ3v) is 4.61. The Morgan fingerprint density at radius 1 is 0.893 bits per heavy atom. The van der Waals surface area contributed by atoms with Crippen LogP contribution in [0, 0.1) is 0 Å². The molecule has 0 aromatic heterocycles. The molecule has 1 atom stereocenters. The number of rotatable bonds is 8. The molecule has 2 aromatic carbocycles. The van der Waals surface area contributed by atoms with Crippen LogP contribution in [0.4, 0.5) is 0 Å². The number of hydrogen-bond donors (Lipinski definition) is 0. The highest BCUT2D eigenvalue weighted by molar-refractivity contribution is 5.66. The summed E-state index contributed by atoms with van der Waals surface area (Å²) in [7, 11) is 6.41. The molecule has 0 fully saturated rings. The first-order valence-electron chi connectivity index (χ1n) is 9.07. The second-order valence-electron chi connectivity index (χ2n) is 6.22. The van der Waals surface area contributed by atoms with Gasteiger partial charge in [-0.15, -0.1) is 0 Å². The van der Waals surface area contributed by atoms with Crippen LogP contribution in [0.2, 0.25) is 0 Å². The van der Waals surface area contributed by atoms with Gasteiger partial charge in [0.1, 0.15) is 17.6 Å². The van der Waals surface area contributed by atoms with Crippen LogP contribution in [-0.2, 0) is 4.74 Å². The molecule has 1 aliphatic heterocycles. The van der Waals surface area contributed by atoms with Gasteiger partial charge in [0.2, 0.25) is 5.75 Å². The summed E-state index contributed by atoms with van der Waals surface area (Å²) in [5.41, 5.74) is 2.88. The van der Waals surface area contributed by atoms with Gasteiger partial charge in [0.05, 0.1) is 35.0 Å². The van der Waals surface area contributed by atoms with Gasteiger partial charge in [-0.3, -0.25) is 0 Å². The Kier molecular flexibility index (Phi) is 6.31. The normalized spacial score (nSPS) is 15.2. The fourth-order valence-electron chi connectivity index (χ4n) is 3.21. The first kappa shape index (κ1) is 19.9. The minimum atomic E-state index is -0.347. The average Bonchev–Trinajstić information content (AvgIpc) is 2.75. The first-order valence-corrected chi connectivity index (χ1v) is 9.07. The molecule has 1 heterocycles. The molecule has 0 N–H and O–H groups in total. The summed E-state index contributed by atoms with van der Waals surface area (Å²) < 4.78 is 33.8. The predicted octanol–water partition coefficient (Wildman–Crippen LogP) is 4.27. The van der Waals surface area contributed by atoms with Crippen molar-refractivity contribution in [1.82, 2.24) is 0 Å². The average molecular weight is 386 g/mol. The summed E-state index contributed by atoms with van der Waals surface area (Å²) in [6.07, 6.45) is 1.75. The molecular formula is C22H26O6. The van der Waals surface area contributed by atoms with Gasteiger partial charge in [0, 0.05) is 29.4 Å². The summed E-state index contributed by atoms with van der Waals surface area (Å²) in [5.74, 6) is 3.18. The summed E-state index contributed by atoms with van der Waals surface area (Å²) in [6.45, 7) is 3.05. The lowest BCUT2D eigenvalue weighted by Gasteiger charge is -2.29. The van der Waals surface area contributed by atoms with E-state index in [4.69, 9.17) is 28.4 Å². The summed E-state index contributed by atoms with van der Waals surface area (Å²) >= 11 is 0. The lowest BCUT2D eigenvalue weighted by Crippen LogP contribution is -2.18. The van der Waals surface area contributed by atoms with E-state index in [2.05, 4.69) is 6.08 Å². The zero-order valence-electron chi connectivity index (χ0n) is 16.9. The fourth-order valence-corrected chi connectivity index (χ4v) is 3.21. The quantitative estimate of drug-likeness (QED) is 0.675. The van der Waals surface area contributed by atoms with Crippen molar-refractivity contribution in [3.8, 4) is 28.7 Å². The Hall–Kier alpha value is -2.86. The lowest BCUT2D eigenvalue weighted by molar-refractivity contribution is 0.143. The molecule has 6 nitrogen and oxygen atoms in total. The van der Waals surface area contributed by atoms with Crippen LogP contribution in [0.3, 0.4) is 0 Å². The minimum absolute atomic E-state index is 0.347. The van der Waals surface area contributed by atoms with E-state index in [0.29, 0.717) is 30.5 Å². The maximum atomic E-state index is 6.36. The molecule has 3 rings (SSSR count). The van der Waals surface area contributed by atoms with Gasteiger partial charge in [0.25, 0.3) is 0 Å². The summed E-state index contributed by atoms with van der Waals surface area (Å²) in [4.78, 5) is 0. The summed E-state index contributed by atoms with van der Waals surface area (Å²) in [5, 5.41) is 0. The second-order valence-corrected chi connectivity index (χ2v) is 6.22. The fraction of sp³-hybridized carbons (Fsp3) is 0.364. The zero-order valence-corrected chi connectivity index (χ0v) is 16.9. The number of fused-ring (bicyclic) bond motifs is 1. The Balaban J connectivity index is 2.08. The van der Waals surface area contributed by atoms with Crippen LogP contribution in [-0.4, -0.2) is 41.7 Å². The molecule has 0 spiro atoms. The molecule has 28 heavy (non-hydrogen) atoms. The standard InChI is InChI=1S/C22H26O6/c1-6-27-13-16-9-14-7-8-17(23-2)12-18(14)28-21(16)15-10-19(24-3)22(26-5)20(11-15)25-4/h7-12,21H,6,13H2,1-5H3. The molecule has 0 saturated carbocycles. The number of methoxy groups -OCH3 is 4. The van der Waals surface area contributed by atoms with Crippen LogP contribution in [0.15, 0.2) is 35.9 Å². The monoisotopic (exact) mass is 386 g/mol. The molecule has 150 valence electrons. The smallest absolute Gasteiger partial charge is 0.203 e. The highest BCUT2D eigenvalue weighted by Crippen LogP contribution is 2.44. The Labute approximate surface area is 165 Å². The predicted molar refractivity (Wildman–Crippen MR) is 107 cm³/mol. The number of ether oxygens (including phenoxy) is 6. The van der Waals surface area contributed by atoms with Crippen molar-refractivity contribution < 1.29 is 28.4 Å². The van der Waals surface area contributed by atoms with Gasteiger partial charge in [-0.05, 0) is 37.3 Å². The molecule has 0 aliphatic carbocycles. The van der Waals surface area contributed by atoms with Crippen molar-refractivity contribution in [3.05, 3.63) is 47.0 Å². The topological polar surface area (TPSA) is 55.4 Å². The van der Waals surface area contributed by atoms with Crippen LogP contribution in [0.5, 0.6) is 28.7 Å². The van der Waals surface area contributed by atoms with E-state index in [1.165, 1.54) is 0 Å². The molecule has 2 aromatic rings. The SMILES string of the molecule is CCOCC1=Cc2ccc(OC)cc2OC1c1cc(OC)c(OC)c(OC)c1. The highest BCUT2D eigenvalue weighted by Gasteiger charge is 2.27.